The number of hydrazine groups is 1. The number of hydrogen-bond acceptors (Lipinski definition) is 3. The highest BCUT2D eigenvalue weighted by Crippen LogP contribution is 2.16. The zero-order chi connectivity index (χ0) is 7.84. The van der Waals surface area contributed by atoms with Crippen LogP contribution in [0, 0.1) is 0 Å². The Labute approximate surface area is 66.7 Å². The van der Waals surface area contributed by atoms with E-state index in [2.05, 4.69) is 48.0 Å². The van der Waals surface area contributed by atoms with Crippen LogP contribution in [0.15, 0.2) is 23.9 Å². The average Bonchev–Trinajstić information content (AvgIpc) is 2.33. The van der Waals surface area contributed by atoms with E-state index in [0.717, 1.165) is 0 Å². The predicted octanol–water partition coefficient (Wildman–Crippen LogP) is 0.542. The van der Waals surface area contributed by atoms with E-state index in [4.69, 9.17) is 0 Å². The Morgan fingerprint density at radius 2 is 2.27 bits per heavy atom. The van der Waals surface area contributed by atoms with Crippen molar-refractivity contribution < 1.29 is 0 Å². The molecule has 2 unspecified atom stereocenters. The number of hydrogen-bond donors (Lipinski definition) is 2. The second-order valence-corrected chi connectivity index (χ2v) is 3.09. The summed E-state index contributed by atoms with van der Waals surface area (Å²) in [6.45, 7) is 4.24. The van der Waals surface area contributed by atoms with Crippen LogP contribution in [-0.2, 0) is 0 Å². The van der Waals surface area contributed by atoms with Crippen molar-refractivity contribution in [3.63, 3.8) is 0 Å². The second-order valence-electron chi connectivity index (χ2n) is 3.09. The topological polar surface area (TPSA) is 27.3 Å². The van der Waals surface area contributed by atoms with Crippen LogP contribution in [0.4, 0.5) is 0 Å². The molecule has 0 aromatic carbocycles. The normalized spacial score (nSPS) is 35.5. The zero-order valence-electron chi connectivity index (χ0n) is 6.83. The molecule has 2 aliphatic heterocycles. The molecule has 11 heavy (non-hydrogen) atoms. The van der Waals surface area contributed by atoms with Gasteiger partial charge in [0.05, 0.1) is 6.17 Å². The third kappa shape index (κ3) is 1.06. The van der Waals surface area contributed by atoms with Gasteiger partial charge in [-0.1, -0.05) is 6.08 Å². The summed E-state index contributed by atoms with van der Waals surface area (Å²) in [6.07, 6.45) is 7.19. The van der Waals surface area contributed by atoms with Gasteiger partial charge in [0.2, 0.25) is 0 Å². The van der Waals surface area contributed by atoms with E-state index in [0.29, 0.717) is 12.3 Å². The van der Waals surface area contributed by atoms with Crippen molar-refractivity contribution in [3.8, 4) is 0 Å². The summed E-state index contributed by atoms with van der Waals surface area (Å²) in [5.74, 6) is 0. The summed E-state index contributed by atoms with van der Waals surface area (Å²) in [5.41, 5.74) is 7.64. The molecule has 0 radical (unpaired) electrons. The van der Waals surface area contributed by atoms with E-state index in [-0.39, 0.29) is 0 Å². The minimum atomic E-state index is 0.341. The monoisotopic (exact) mass is 151 g/mol. The third-order valence-corrected chi connectivity index (χ3v) is 2.10. The Bertz CT molecular complexity index is 219. The molecule has 0 bridgehead atoms. The Morgan fingerprint density at radius 1 is 1.45 bits per heavy atom. The van der Waals surface area contributed by atoms with Gasteiger partial charge in [0.15, 0.2) is 0 Å². The van der Waals surface area contributed by atoms with Gasteiger partial charge in [-0.25, -0.2) is 10.9 Å². The molecule has 60 valence electrons. The van der Waals surface area contributed by atoms with Crippen molar-refractivity contribution >= 4 is 0 Å². The molecule has 0 amide bonds. The first-order chi connectivity index (χ1) is 5.27. The number of nitrogens with one attached hydrogen (secondary N) is 2. The first-order valence-corrected chi connectivity index (χ1v) is 3.92. The summed E-state index contributed by atoms with van der Waals surface area (Å²) < 4.78 is 0. The Hall–Kier alpha value is -0.800. The maximum atomic E-state index is 3.17. The van der Waals surface area contributed by atoms with Crippen LogP contribution < -0.4 is 10.9 Å². The van der Waals surface area contributed by atoms with E-state index < -0.39 is 0 Å². The molecule has 0 spiro atoms. The molecular formula is C8H13N3. The van der Waals surface area contributed by atoms with E-state index in [1.165, 1.54) is 5.57 Å². The molecule has 2 rings (SSSR count). The van der Waals surface area contributed by atoms with Crippen LogP contribution in [-0.4, -0.2) is 17.2 Å². The third-order valence-electron chi connectivity index (χ3n) is 2.10. The van der Waals surface area contributed by atoms with Gasteiger partial charge < -0.3 is 4.90 Å². The molecule has 3 heteroatoms. The number of rotatable bonds is 0. The van der Waals surface area contributed by atoms with Crippen LogP contribution in [0.1, 0.15) is 13.8 Å². The van der Waals surface area contributed by atoms with Gasteiger partial charge >= 0.3 is 0 Å². The second kappa shape index (κ2) is 2.36. The molecule has 3 nitrogen and oxygen atoms in total. The van der Waals surface area contributed by atoms with Crippen molar-refractivity contribution in [1.82, 2.24) is 15.8 Å². The lowest BCUT2D eigenvalue weighted by atomic mass is 10.2. The van der Waals surface area contributed by atoms with E-state index in [1.807, 2.05) is 0 Å². The Kier molecular flexibility index (Phi) is 1.47. The summed E-state index contributed by atoms with van der Waals surface area (Å²) in [4.78, 5) is 2.26. The van der Waals surface area contributed by atoms with Crippen LogP contribution in [0.3, 0.4) is 0 Å². The molecule has 2 N–H and O–H groups in total. The maximum Gasteiger partial charge on any atom is 0.112 e. The fourth-order valence-corrected chi connectivity index (χ4v) is 1.46. The Balaban J connectivity index is 2.22. The summed E-state index contributed by atoms with van der Waals surface area (Å²) in [6, 6.07) is 0. The summed E-state index contributed by atoms with van der Waals surface area (Å²) in [5, 5.41) is 0. The number of allylic oxidation sites excluding steroid dienone is 2. The van der Waals surface area contributed by atoms with Gasteiger partial charge in [0.25, 0.3) is 0 Å². The molecule has 0 aromatic rings. The van der Waals surface area contributed by atoms with Crippen molar-refractivity contribution in [3.05, 3.63) is 23.9 Å². The van der Waals surface area contributed by atoms with Crippen molar-refractivity contribution in [2.75, 3.05) is 0 Å². The van der Waals surface area contributed by atoms with Crippen molar-refractivity contribution in [2.45, 2.75) is 26.2 Å². The van der Waals surface area contributed by atoms with Gasteiger partial charge in [-0.2, -0.15) is 0 Å². The van der Waals surface area contributed by atoms with Gasteiger partial charge in [0, 0.05) is 6.20 Å². The fraction of sp³-hybridized carbons (Fsp3) is 0.500. The molecule has 0 aromatic heterocycles. The molecule has 1 fully saturated rings. The van der Waals surface area contributed by atoms with E-state index in [9.17, 15) is 0 Å². The SMILES string of the molecule is CC1=CN2C(C)NNC2C=C1. The first kappa shape index (κ1) is 6.88. The number of nitrogens with zero attached hydrogens (tertiary/aromatic N) is 1. The lowest BCUT2D eigenvalue weighted by Crippen LogP contribution is -2.34. The van der Waals surface area contributed by atoms with Crippen LogP contribution in [0.25, 0.3) is 0 Å². The highest BCUT2D eigenvalue weighted by atomic mass is 15.6. The lowest BCUT2D eigenvalue weighted by Gasteiger charge is -2.25. The van der Waals surface area contributed by atoms with Crippen LogP contribution in [0.2, 0.25) is 0 Å². The number of fused-ring (bicyclic) bond motifs is 1. The Morgan fingerprint density at radius 3 is 3.09 bits per heavy atom. The molecular weight excluding hydrogens is 138 g/mol. The summed E-state index contributed by atoms with van der Waals surface area (Å²) in [7, 11) is 0. The first-order valence-electron chi connectivity index (χ1n) is 3.92. The van der Waals surface area contributed by atoms with E-state index in [1.54, 1.807) is 0 Å². The van der Waals surface area contributed by atoms with Crippen LogP contribution >= 0.6 is 0 Å². The highest BCUT2D eigenvalue weighted by Gasteiger charge is 2.26. The maximum absolute atomic E-state index is 3.17. The van der Waals surface area contributed by atoms with Crippen LogP contribution in [0.5, 0.6) is 0 Å². The quantitative estimate of drug-likeness (QED) is 0.529. The summed E-state index contributed by atoms with van der Waals surface area (Å²) >= 11 is 0. The average molecular weight is 151 g/mol. The molecule has 2 atom stereocenters. The van der Waals surface area contributed by atoms with Crippen molar-refractivity contribution in [2.24, 2.45) is 0 Å². The highest BCUT2D eigenvalue weighted by molar-refractivity contribution is 5.23. The zero-order valence-corrected chi connectivity index (χ0v) is 6.83. The largest absolute Gasteiger partial charge is 0.341 e. The molecule has 0 aliphatic carbocycles. The molecule has 2 heterocycles. The van der Waals surface area contributed by atoms with Gasteiger partial charge in [-0.3, -0.25) is 0 Å². The predicted molar refractivity (Wildman–Crippen MR) is 44.3 cm³/mol. The van der Waals surface area contributed by atoms with Gasteiger partial charge in [-0.05, 0) is 25.5 Å². The van der Waals surface area contributed by atoms with Gasteiger partial charge in [-0.15, -0.1) is 0 Å². The minimum Gasteiger partial charge on any atom is -0.341 e. The lowest BCUT2D eigenvalue weighted by molar-refractivity contribution is 0.308. The van der Waals surface area contributed by atoms with Gasteiger partial charge in [0.1, 0.15) is 6.17 Å². The molecule has 2 aliphatic rings. The molecule has 0 saturated carbocycles. The fourth-order valence-electron chi connectivity index (χ4n) is 1.46. The standard InChI is InChI=1S/C8H13N3/c1-6-3-4-8-10-9-7(2)11(8)5-6/h3-5,7-10H,1-2H3. The van der Waals surface area contributed by atoms with E-state index >= 15 is 0 Å². The van der Waals surface area contributed by atoms with Crippen molar-refractivity contribution in [1.29, 1.82) is 0 Å². The molecule has 1 saturated heterocycles. The smallest absolute Gasteiger partial charge is 0.112 e. The minimum absolute atomic E-state index is 0.341.